The SMILES string of the molecule is CCCNC(CC(N)=O)C(C)(C)C. The van der Waals surface area contributed by atoms with Crippen LogP contribution in [-0.2, 0) is 4.79 Å². The van der Waals surface area contributed by atoms with E-state index in [2.05, 4.69) is 33.0 Å². The van der Waals surface area contributed by atoms with Crippen molar-refractivity contribution in [1.82, 2.24) is 5.32 Å². The minimum absolute atomic E-state index is 0.0875. The van der Waals surface area contributed by atoms with E-state index >= 15 is 0 Å². The van der Waals surface area contributed by atoms with E-state index in [1.54, 1.807) is 0 Å². The molecule has 1 unspecified atom stereocenters. The molecule has 0 aliphatic carbocycles. The van der Waals surface area contributed by atoms with Gasteiger partial charge in [-0.15, -0.1) is 0 Å². The number of hydrogen-bond acceptors (Lipinski definition) is 2. The Morgan fingerprint density at radius 3 is 2.31 bits per heavy atom. The fourth-order valence-corrected chi connectivity index (χ4v) is 1.20. The summed E-state index contributed by atoms with van der Waals surface area (Å²) >= 11 is 0. The predicted octanol–water partition coefficient (Wildman–Crippen LogP) is 1.28. The smallest absolute Gasteiger partial charge is 0.219 e. The van der Waals surface area contributed by atoms with Crippen molar-refractivity contribution in [3.63, 3.8) is 0 Å². The topological polar surface area (TPSA) is 55.1 Å². The molecule has 3 heteroatoms. The van der Waals surface area contributed by atoms with Gasteiger partial charge in [-0.25, -0.2) is 0 Å². The molecule has 1 amide bonds. The lowest BCUT2D eigenvalue weighted by atomic mass is 9.84. The number of nitrogens with two attached hydrogens (primary N) is 1. The summed E-state index contributed by atoms with van der Waals surface area (Å²) in [7, 11) is 0. The van der Waals surface area contributed by atoms with Gasteiger partial charge in [0.05, 0.1) is 0 Å². The molecule has 0 aliphatic rings. The first kappa shape index (κ1) is 12.4. The van der Waals surface area contributed by atoms with Gasteiger partial charge in [0.25, 0.3) is 0 Å². The summed E-state index contributed by atoms with van der Waals surface area (Å²) in [6.45, 7) is 9.39. The van der Waals surface area contributed by atoms with Gasteiger partial charge >= 0.3 is 0 Å². The van der Waals surface area contributed by atoms with Crippen LogP contribution in [0.4, 0.5) is 0 Å². The zero-order chi connectivity index (χ0) is 10.5. The molecule has 0 spiro atoms. The summed E-state index contributed by atoms with van der Waals surface area (Å²) in [4.78, 5) is 10.8. The van der Waals surface area contributed by atoms with Crippen molar-refractivity contribution in [1.29, 1.82) is 0 Å². The highest BCUT2D eigenvalue weighted by atomic mass is 16.1. The lowest BCUT2D eigenvalue weighted by molar-refractivity contribution is -0.119. The van der Waals surface area contributed by atoms with Gasteiger partial charge in [-0.1, -0.05) is 27.7 Å². The highest BCUT2D eigenvalue weighted by Gasteiger charge is 2.25. The van der Waals surface area contributed by atoms with E-state index in [1.807, 2.05) is 0 Å². The molecular formula is C10H22N2O. The van der Waals surface area contributed by atoms with Crippen LogP contribution in [0.25, 0.3) is 0 Å². The molecule has 0 fully saturated rings. The van der Waals surface area contributed by atoms with Gasteiger partial charge in [0.2, 0.25) is 5.91 Å². The quantitative estimate of drug-likeness (QED) is 0.679. The van der Waals surface area contributed by atoms with Crippen LogP contribution >= 0.6 is 0 Å². The summed E-state index contributed by atoms with van der Waals surface area (Å²) in [6.07, 6.45) is 1.49. The predicted molar refractivity (Wildman–Crippen MR) is 55.3 cm³/mol. The molecule has 0 aromatic heterocycles. The van der Waals surface area contributed by atoms with Crippen molar-refractivity contribution in [2.75, 3.05) is 6.54 Å². The Labute approximate surface area is 81.1 Å². The Kier molecular flexibility index (Phi) is 4.99. The molecule has 78 valence electrons. The standard InChI is InChI=1S/C10H22N2O/c1-5-6-12-8(7-9(11)13)10(2,3)4/h8,12H,5-7H2,1-4H3,(H2,11,13). The third-order valence-electron chi connectivity index (χ3n) is 2.09. The monoisotopic (exact) mass is 186 g/mol. The minimum Gasteiger partial charge on any atom is -0.370 e. The lowest BCUT2D eigenvalue weighted by Crippen LogP contribution is -2.43. The maximum absolute atomic E-state index is 10.8. The third kappa shape index (κ3) is 5.64. The van der Waals surface area contributed by atoms with Crippen LogP contribution in [0.5, 0.6) is 0 Å². The first-order chi connectivity index (χ1) is 5.88. The summed E-state index contributed by atoms with van der Waals surface area (Å²) < 4.78 is 0. The van der Waals surface area contributed by atoms with Crippen LogP contribution in [0.2, 0.25) is 0 Å². The molecule has 0 aromatic carbocycles. The highest BCUT2D eigenvalue weighted by molar-refractivity contribution is 5.74. The van der Waals surface area contributed by atoms with Gasteiger partial charge < -0.3 is 11.1 Å². The second-order valence-electron chi connectivity index (χ2n) is 4.54. The van der Waals surface area contributed by atoms with E-state index in [1.165, 1.54) is 0 Å². The van der Waals surface area contributed by atoms with Crippen molar-refractivity contribution >= 4 is 5.91 Å². The minimum atomic E-state index is -0.233. The number of carbonyl (C=O) groups excluding carboxylic acids is 1. The number of rotatable bonds is 5. The van der Waals surface area contributed by atoms with E-state index < -0.39 is 0 Å². The molecule has 3 nitrogen and oxygen atoms in total. The van der Waals surface area contributed by atoms with Gasteiger partial charge in [0.1, 0.15) is 0 Å². The Morgan fingerprint density at radius 1 is 1.46 bits per heavy atom. The van der Waals surface area contributed by atoms with Crippen molar-refractivity contribution in [3.8, 4) is 0 Å². The third-order valence-corrected chi connectivity index (χ3v) is 2.09. The summed E-state index contributed by atoms with van der Waals surface area (Å²) in [5.41, 5.74) is 5.27. The van der Waals surface area contributed by atoms with Crippen LogP contribution < -0.4 is 11.1 Å². The number of carbonyl (C=O) groups is 1. The molecule has 1 atom stereocenters. The van der Waals surface area contributed by atoms with Crippen molar-refractivity contribution in [2.24, 2.45) is 11.1 Å². The van der Waals surface area contributed by atoms with Crippen LogP contribution in [0, 0.1) is 5.41 Å². The number of primary amides is 1. The van der Waals surface area contributed by atoms with E-state index in [-0.39, 0.29) is 17.4 Å². The Bertz CT molecular complexity index is 161. The van der Waals surface area contributed by atoms with Crippen LogP contribution in [0.15, 0.2) is 0 Å². The average molecular weight is 186 g/mol. The second-order valence-corrected chi connectivity index (χ2v) is 4.54. The number of hydrogen-bond donors (Lipinski definition) is 2. The molecule has 0 aliphatic heterocycles. The van der Waals surface area contributed by atoms with Gasteiger partial charge in [-0.2, -0.15) is 0 Å². The molecule has 0 saturated carbocycles. The van der Waals surface area contributed by atoms with Crippen LogP contribution in [0.3, 0.4) is 0 Å². The van der Waals surface area contributed by atoms with E-state index in [0.29, 0.717) is 6.42 Å². The van der Waals surface area contributed by atoms with E-state index in [9.17, 15) is 4.79 Å². The Morgan fingerprint density at radius 2 is 2.00 bits per heavy atom. The molecule has 0 heterocycles. The Balaban J connectivity index is 4.11. The summed E-state index contributed by atoms with van der Waals surface area (Å²) in [5.74, 6) is -0.233. The first-order valence-corrected chi connectivity index (χ1v) is 4.89. The van der Waals surface area contributed by atoms with E-state index in [4.69, 9.17) is 5.73 Å². The highest BCUT2D eigenvalue weighted by Crippen LogP contribution is 2.21. The zero-order valence-corrected chi connectivity index (χ0v) is 9.18. The summed E-state index contributed by atoms with van der Waals surface area (Å²) in [5, 5.41) is 3.34. The van der Waals surface area contributed by atoms with Gasteiger partial charge in [-0.3, -0.25) is 4.79 Å². The Hall–Kier alpha value is -0.570. The van der Waals surface area contributed by atoms with Gasteiger partial charge in [-0.05, 0) is 18.4 Å². The average Bonchev–Trinajstić information content (AvgIpc) is 1.95. The normalized spacial score (nSPS) is 14.2. The van der Waals surface area contributed by atoms with Crippen molar-refractivity contribution in [3.05, 3.63) is 0 Å². The second kappa shape index (κ2) is 5.22. The van der Waals surface area contributed by atoms with Crippen molar-refractivity contribution in [2.45, 2.75) is 46.6 Å². The fourth-order valence-electron chi connectivity index (χ4n) is 1.20. The maximum atomic E-state index is 10.8. The largest absolute Gasteiger partial charge is 0.370 e. The molecule has 0 aromatic rings. The molecule has 13 heavy (non-hydrogen) atoms. The molecule has 3 N–H and O–H groups in total. The molecule has 0 radical (unpaired) electrons. The van der Waals surface area contributed by atoms with E-state index in [0.717, 1.165) is 13.0 Å². The molecular weight excluding hydrogens is 164 g/mol. The van der Waals surface area contributed by atoms with Gasteiger partial charge in [0, 0.05) is 12.5 Å². The van der Waals surface area contributed by atoms with Crippen LogP contribution in [-0.4, -0.2) is 18.5 Å². The molecule has 0 bridgehead atoms. The summed E-state index contributed by atoms with van der Waals surface area (Å²) in [6, 6.07) is 0.185. The van der Waals surface area contributed by atoms with Gasteiger partial charge in [0.15, 0.2) is 0 Å². The first-order valence-electron chi connectivity index (χ1n) is 4.89. The maximum Gasteiger partial charge on any atom is 0.219 e. The number of nitrogens with one attached hydrogen (secondary N) is 1. The lowest BCUT2D eigenvalue weighted by Gasteiger charge is -2.30. The van der Waals surface area contributed by atoms with Crippen molar-refractivity contribution < 1.29 is 4.79 Å². The fraction of sp³-hybridized carbons (Fsp3) is 0.900. The zero-order valence-electron chi connectivity index (χ0n) is 9.18. The number of amides is 1. The van der Waals surface area contributed by atoms with Crippen LogP contribution in [0.1, 0.15) is 40.5 Å². The molecule has 0 saturated heterocycles. The molecule has 0 rings (SSSR count).